The van der Waals surface area contributed by atoms with Crippen molar-refractivity contribution in [1.82, 2.24) is 4.90 Å². The number of methoxy groups -OCH3 is 1. The summed E-state index contributed by atoms with van der Waals surface area (Å²) in [5.74, 6) is -1.86. The van der Waals surface area contributed by atoms with Crippen LogP contribution in [0.4, 0.5) is 0 Å². The average Bonchev–Trinajstić information content (AvgIpc) is 2.85. The van der Waals surface area contributed by atoms with Gasteiger partial charge in [0, 0.05) is 26.1 Å². The second-order valence-corrected chi connectivity index (χ2v) is 14.3. The first-order valence-electron chi connectivity index (χ1n) is 15.2. The number of rotatable bonds is 4. The lowest BCUT2D eigenvalue weighted by molar-refractivity contribution is -0.296. The molecule has 2 aliphatic heterocycles. The Kier molecular flexibility index (Phi) is 12.3. The van der Waals surface area contributed by atoms with Gasteiger partial charge in [-0.3, -0.25) is 4.79 Å². The molecule has 0 aliphatic carbocycles. The van der Waals surface area contributed by atoms with Crippen molar-refractivity contribution in [2.45, 2.75) is 148 Å². The summed E-state index contributed by atoms with van der Waals surface area (Å²) in [6.45, 7) is 18.7. The molecular formula is C31H59NO9. The predicted octanol–water partition coefficient (Wildman–Crippen LogP) is 2.73. The number of ether oxygens (including phenoxy) is 4. The van der Waals surface area contributed by atoms with E-state index in [-0.39, 0.29) is 24.2 Å². The van der Waals surface area contributed by atoms with Crippen LogP contribution in [-0.2, 0) is 23.7 Å². The monoisotopic (exact) mass is 589 g/mol. The Labute approximate surface area is 247 Å². The van der Waals surface area contributed by atoms with E-state index in [2.05, 4.69) is 6.92 Å². The van der Waals surface area contributed by atoms with Crippen LogP contribution in [0.15, 0.2) is 0 Å². The Balaban J connectivity index is 2.51. The largest absolute Gasteiger partial charge is 0.459 e. The van der Waals surface area contributed by atoms with Crippen LogP contribution < -0.4 is 0 Å². The van der Waals surface area contributed by atoms with Gasteiger partial charge in [-0.15, -0.1) is 0 Å². The minimum atomic E-state index is -1.73. The second kappa shape index (κ2) is 13.8. The normalized spacial score (nSPS) is 48.4. The fourth-order valence-electron chi connectivity index (χ4n) is 7.08. The second-order valence-electron chi connectivity index (χ2n) is 14.3. The van der Waals surface area contributed by atoms with Gasteiger partial charge in [-0.25, -0.2) is 0 Å². The maximum Gasteiger partial charge on any atom is 0.311 e. The van der Waals surface area contributed by atoms with E-state index in [1.54, 1.807) is 27.7 Å². The maximum atomic E-state index is 13.7. The van der Waals surface area contributed by atoms with E-state index in [1.807, 2.05) is 39.6 Å². The van der Waals surface area contributed by atoms with Gasteiger partial charge in [-0.05, 0) is 79.2 Å². The summed E-state index contributed by atoms with van der Waals surface area (Å²) in [7, 11) is 3.42. The Bertz CT molecular complexity index is 851. The van der Waals surface area contributed by atoms with Crippen molar-refractivity contribution in [1.29, 1.82) is 0 Å². The quantitative estimate of drug-likeness (QED) is 0.362. The van der Waals surface area contributed by atoms with E-state index < -0.39 is 71.5 Å². The molecule has 0 aromatic rings. The lowest BCUT2D eigenvalue weighted by Crippen LogP contribution is -2.60. The number of nitrogens with zero attached hydrogens (tertiary/aromatic N) is 1. The molecule has 0 saturated carbocycles. The highest BCUT2D eigenvalue weighted by Crippen LogP contribution is 2.37. The molecule has 4 N–H and O–H groups in total. The lowest BCUT2D eigenvalue weighted by Gasteiger charge is -2.46. The van der Waals surface area contributed by atoms with Crippen molar-refractivity contribution in [3.8, 4) is 0 Å². The number of likely N-dealkylation sites (N-methyl/N-ethyl adjacent to an activating group) is 1. The van der Waals surface area contributed by atoms with E-state index >= 15 is 0 Å². The summed E-state index contributed by atoms with van der Waals surface area (Å²) >= 11 is 0. The standard InChI is InChI=1S/C31H59NO9/c1-17(2)27-31(10,37)25(33)21(6)32(11)16-18(3)13-29(8,36)14-19(4)24(20(5)28(35)41-27)40-23-15-30(9,38-12)26(34)22(7)39-23/h17-27,33-34,36-37H,13-16H2,1-12H3/t18-,19-,20-,21-,22+,23+,24+,25-,26+,27-,29-,30-,31+/m1/s1. The molecule has 2 heterocycles. The van der Waals surface area contributed by atoms with Crippen molar-refractivity contribution in [2.24, 2.45) is 23.7 Å². The first kappa shape index (κ1) is 36.3. The van der Waals surface area contributed by atoms with Crippen molar-refractivity contribution < 1.29 is 44.2 Å². The molecule has 2 fully saturated rings. The number of carbonyl (C=O) groups is 1. The zero-order chi connectivity index (χ0) is 31.7. The first-order valence-corrected chi connectivity index (χ1v) is 15.2. The molecule has 242 valence electrons. The van der Waals surface area contributed by atoms with E-state index in [4.69, 9.17) is 18.9 Å². The molecule has 2 rings (SSSR count). The lowest BCUT2D eigenvalue weighted by atomic mass is 9.80. The molecule has 0 aromatic heterocycles. The van der Waals surface area contributed by atoms with Crippen molar-refractivity contribution in [3.63, 3.8) is 0 Å². The van der Waals surface area contributed by atoms with Gasteiger partial charge in [0.1, 0.15) is 23.9 Å². The average molecular weight is 590 g/mol. The zero-order valence-electron chi connectivity index (χ0n) is 27.5. The van der Waals surface area contributed by atoms with E-state index in [0.29, 0.717) is 19.4 Å². The van der Waals surface area contributed by atoms with Gasteiger partial charge in [-0.1, -0.05) is 27.7 Å². The molecular weight excluding hydrogens is 530 g/mol. The van der Waals surface area contributed by atoms with Gasteiger partial charge in [0.05, 0.1) is 29.3 Å². The van der Waals surface area contributed by atoms with E-state index in [9.17, 15) is 25.2 Å². The molecule has 0 bridgehead atoms. The van der Waals surface area contributed by atoms with Crippen molar-refractivity contribution >= 4 is 5.97 Å². The summed E-state index contributed by atoms with van der Waals surface area (Å²) in [4.78, 5) is 15.7. The van der Waals surface area contributed by atoms with Crippen LogP contribution in [0.1, 0.15) is 88.5 Å². The molecule has 10 heteroatoms. The number of aliphatic hydroxyl groups excluding tert-OH is 2. The molecule has 0 unspecified atom stereocenters. The number of hydrogen-bond acceptors (Lipinski definition) is 10. The summed E-state index contributed by atoms with van der Waals surface area (Å²) in [6, 6.07) is -0.439. The minimum absolute atomic E-state index is 0.0777. The van der Waals surface area contributed by atoms with Gasteiger partial charge in [0.25, 0.3) is 0 Å². The van der Waals surface area contributed by atoms with Crippen LogP contribution in [0, 0.1) is 23.7 Å². The number of hydrogen-bond donors (Lipinski definition) is 4. The van der Waals surface area contributed by atoms with Gasteiger partial charge in [-0.2, -0.15) is 0 Å². The summed E-state index contributed by atoms with van der Waals surface area (Å²) in [5, 5.41) is 45.1. The maximum absolute atomic E-state index is 13.7. The van der Waals surface area contributed by atoms with Gasteiger partial charge >= 0.3 is 5.97 Å². The highest BCUT2D eigenvalue weighted by Gasteiger charge is 2.50. The molecule has 13 atom stereocenters. The van der Waals surface area contributed by atoms with Crippen LogP contribution in [0.25, 0.3) is 0 Å². The Morgan fingerprint density at radius 2 is 1.56 bits per heavy atom. The molecule has 41 heavy (non-hydrogen) atoms. The highest BCUT2D eigenvalue weighted by molar-refractivity contribution is 5.73. The zero-order valence-corrected chi connectivity index (χ0v) is 27.5. The smallest absolute Gasteiger partial charge is 0.311 e. The molecule has 10 nitrogen and oxygen atoms in total. The van der Waals surface area contributed by atoms with Gasteiger partial charge in [0.2, 0.25) is 0 Å². The first-order chi connectivity index (χ1) is 18.7. The van der Waals surface area contributed by atoms with Gasteiger partial charge in [0.15, 0.2) is 6.29 Å². The number of aliphatic hydroxyl groups is 4. The summed E-state index contributed by atoms with van der Waals surface area (Å²) in [5.41, 5.74) is -3.69. The number of carbonyl (C=O) groups excluding carboxylic acids is 1. The van der Waals surface area contributed by atoms with Crippen molar-refractivity contribution in [3.05, 3.63) is 0 Å². The predicted molar refractivity (Wildman–Crippen MR) is 156 cm³/mol. The SMILES string of the molecule is CO[C@]1(C)C[C@H](O[C@H]2[C@H](C)C[C@](C)(O)C[C@@H](C)CN(C)[C@H](C)[C@@H](O)[C@](C)(O)[C@@H](C(C)C)OC(=O)[C@@H]2C)O[C@@H](C)[C@@H]1O. The van der Waals surface area contributed by atoms with Gasteiger partial charge < -0.3 is 44.3 Å². The molecule has 2 aliphatic rings. The molecule has 0 aromatic carbocycles. The third-order valence-electron chi connectivity index (χ3n) is 9.53. The number of cyclic esters (lactones) is 1. The van der Waals surface area contributed by atoms with E-state index in [1.165, 1.54) is 14.0 Å². The van der Waals surface area contributed by atoms with E-state index in [0.717, 1.165) is 0 Å². The van der Waals surface area contributed by atoms with Crippen LogP contribution in [0.2, 0.25) is 0 Å². The van der Waals surface area contributed by atoms with Crippen LogP contribution in [-0.4, -0.2) is 112 Å². The molecule has 0 radical (unpaired) electrons. The summed E-state index contributed by atoms with van der Waals surface area (Å²) in [6.07, 6.45) is -4.01. The highest BCUT2D eigenvalue weighted by atomic mass is 16.7. The Morgan fingerprint density at radius 1 is 0.976 bits per heavy atom. The van der Waals surface area contributed by atoms with Crippen LogP contribution in [0.3, 0.4) is 0 Å². The molecule has 0 amide bonds. The third kappa shape index (κ3) is 8.62. The summed E-state index contributed by atoms with van der Waals surface area (Å²) < 4.78 is 24.2. The third-order valence-corrected chi connectivity index (χ3v) is 9.53. The fourth-order valence-corrected chi connectivity index (χ4v) is 7.08. The topological polar surface area (TPSA) is 138 Å². The fraction of sp³-hybridized carbons (Fsp3) is 0.968. The Morgan fingerprint density at radius 3 is 2.10 bits per heavy atom. The van der Waals surface area contributed by atoms with Crippen molar-refractivity contribution in [2.75, 3.05) is 20.7 Å². The number of esters is 1. The minimum Gasteiger partial charge on any atom is -0.459 e. The van der Waals surface area contributed by atoms with Crippen LogP contribution >= 0.6 is 0 Å². The van der Waals surface area contributed by atoms with Crippen LogP contribution in [0.5, 0.6) is 0 Å². The Hall–Kier alpha value is -0.850. The molecule has 0 spiro atoms. The molecule has 2 saturated heterocycles.